The quantitative estimate of drug-likeness (QED) is 0.841. The molecule has 0 fully saturated rings. The smallest absolute Gasteiger partial charge is 0.166 e. The van der Waals surface area contributed by atoms with Gasteiger partial charge in [-0.1, -0.05) is 12.2 Å². The molecule has 1 aromatic heterocycles. The van der Waals surface area contributed by atoms with Gasteiger partial charge in [0.25, 0.3) is 0 Å². The van der Waals surface area contributed by atoms with E-state index in [0.29, 0.717) is 0 Å². The summed E-state index contributed by atoms with van der Waals surface area (Å²) in [5, 5.41) is 8.92. The van der Waals surface area contributed by atoms with Crippen LogP contribution < -0.4 is 4.74 Å². The van der Waals surface area contributed by atoms with Crippen LogP contribution in [0.4, 0.5) is 8.78 Å². The van der Waals surface area contributed by atoms with Crippen LogP contribution in [0.15, 0.2) is 30.5 Å². The lowest BCUT2D eigenvalue weighted by molar-refractivity contribution is 0.434. The minimum absolute atomic E-state index is 0.0659. The number of hydrogen-bond donors (Lipinski definition) is 1. The van der Waals surface area contributed by atoms with Crippen LogP contribution in [-0.2, 0) is 0 Å². The molecule has 1 heterocycles. The number of aromatic nitrogens is 1. The fourth-order valence-electron chi connectivity index (χ4n) is 1.33. The fourth-order valence-corrected chi connectivity index (χ4v) is 1.54. The Hall–Kier alpha value is -2.26. The number of hydrogen-bond acceptors (Lipinski definition) is 3. The Morgan fingerprint density at radius 1 is 1.22 bits per heavy atom. The van der Waals surface area contributed by atoms with E-state index < -0.39 is 11.6 Å². The summed E-state index contributed by atoms with van der Waals surface area (Å²) in [5.74, 6) is -1.58. The molecule has 0 aliphatic carbocycles. The highest BCUT2D eigenvalue weighted by molar-refractivity contribution is 7.71. The zero-order chi connectivity index (χ0) is 13.1. The van der Waals surface area contributed by atoms with Gasteiger partial charge in [-0.25, -0.2) is 8.78 Å². The third-order valence-corrected chi connectivity index (χ3v) is 2.47. The van der Waals surface area contributed by atoms with E-state index in [9.17, 15) is 8.78 Å². The third kappa shape index (κ3) is 2.36. The molecule has 90 valence electrons. The van der Waals surface area contributed by atoms with Crippen LogP contribution in [0.1, 0.15) is 5.56 Å². The highest BCUT2D eigenvalue weighted by atomic mass is 32.1. The zero-order valence-electron chi connectivity index (χ0n) is 8.91. The van der Waals surface area contributed by atoms with Gasteiger partial charge in [0, 0.05) is 12.3 Å². The predicted octanol–water partition coefficient (Wildman–Crippen LogP) is 3.69. The van der Waals surface area contributed by atoms with Gasteiger partial charge in [-0.2, -0.15) is 5.26 Å². The second-order valence-corrected chi connectivity index (χ2v) is 3.74. The molecule has 0 unspecified atom stereocenters. The second kappa shape index (κ2) is 4.94. The normalized spacial score (nSPS) is 9.83. The summed E-state index contributed by atoms with van der Waals surface area (Å²) in [4.78, 5) is 2.65. The molecule has 0 aliphatic rings. The fraction of sp³-hybridized carbons (Fsp3) is 0. The van der Waals surface area contributed by atoms with Crippen LogP contribution in [0.3, 0.4) is 0 Å². The number of nitriles is 1. The number of H-pyrrole nitrogens is 1. The van der Waals surface area contributed by atoms with Crippen LogP contribution in [-0.4, -0.2) is 4.98 Å². The minimum atomic E-state index is -0.723. The largest absolute Gasteiger partial charge is 0.453 e. The average Bonchev–Trinajstić information content (AvgIpc) is 2.34. The average molecular weight is 264 g/mol. The number of rotatable bonds is 2. The monoisotopic (exact) mass is 264 g/mol. The van der Waals surface area contributed by atoms with E-state index in [0.717, 1.165) is 18.2 Å². The van der Waals surface area contributed by atoms with Crippen LogP contribution in [0, 0.1) is 27.6 Å². The van der Waals surface area contributed by atoms with E-state index >= 15 is 0 Å². The standard InChI is InChI=1S/C12H6F2N2OS/c13-7-1-2-9(14)11(5-7)17-10-3-4-16-12(18)8(10)6-15/h1-5H,(H,16,18). The Labute approximate surface area is 106 Å². The van der Waals surface area contributed by atoms with Crippen LogP contribution in [0.25, 0.3) is 0 Å². The maximum Gasteiger partial charge on any atom is 0.166 e. The van der Waals surface area contributed by atoms with E-state index in [2.05, 4.69) is 4.98 Å². The summed E-state index contributed by atoms with van der Waals surface area (Å²) in [6.07, 6.45) is 1.45. The topological polar surface area (TPSA) is 48.8 Å². The molecule has 0 atom stereocenters. The molecule has 0 saturated carbocycles. The van der Waals surface area contributed by atoms with Crippen molar-refractivity contribution in [2.45, 2.75) is 0 Å². The molecular weight excluding hydrogens is 258 g/mol. The Balaban J connectivity index is 2.47. The first kappa shape index (κ1) is 12.2. The van der Waals surface area contributed by atoms with Crippen molar-refractivity contribution in [1.29, 1.82) is 5.26 Å². The van der Waals surface area contributed by atoms with Crippen LogP contribution >= 0.6 is 12.2 Å². The molecular formula is C12H6F2N2OS. The Morgan fingerprint density at radius 3 is 2.72 bits per heavy atom. The van der Waals surface area contributed by atoms with Gasteiger partial charge in [0.1, 0.15) is 27.8 Å². The molecule has 0 radical (unpaired) electrons. The molecule has 0 saturated heterocycles. The minimum Gasteiger partial charge on any atom is -0.453 e. The van der Waals surface area contributed by atoms with Gasteiger partial charge >= 0.3 is 0 Å². The van der Waals surface area contributed by atoms with Crippen molar-refractivity contribution in [3.05, 3.63) is 52.3 Å². The highest BCUT2D eigenvalue weighted by Crippen LogP contribution is 2.27. The third-order valence-electron chi connectivity index (χ3n) is 2.15. The van der Waals surface area contributed by atoms with Gasteiger partial charge in [0.15, 0.2) is 11.6 Å². The van der Waals surface area contributed by atoms with Gasteiger partial charge < -0.3 is 9.72 Å². The predicted molar refractivity (Wildman–Crippen MR) is 62.8 cm³/mol. The first-order chi connectivity index (χ1) is 8.61. The summed E-state index contributed by atoms with van der Waals surface area (Å²) < 4.78 is 31.7. The second-order valence-electron chi connectivity index (χ2n) is 3.33. The number of nitrogens with zero attached hydrogens (tertiary/aromatic N) is 1. The Bertz CT molecular complexity index is 691. The van der Waals surface area contributed by atoms with Crippen molar-refractivity contribution in [2.75, 3.05) is 0 Å². The molecule has 0 bridgehead atoms. The molecule has 0 spiro atoms. The molecule has 1 N–H and O–H groups in total. The summed E-state index contributed by atoms with van der Waals surface area (Å²) >= 11 is 4.89. The van der Waals surface area contributed by atoms with Crippen molar-refractivity contribution < 1.29 is 13.5 Å². The summed E-state index contributed by atoms with van der Waals surface area (Å²) in [6, 6.07) is 6.08. The molecule has 0 amide bonds. The SMILES string of the molecule is N#Cc1c(Oc2cc(F)ccc2F)cc[nH]c1=S. The number of pyridine rings is 1. The van der Waals surface area contributed by atoms with Gasteiger partial charge in [0.05, 0.1) is 0 Å². The van der Waals surface area contributed by atoms with Gasteiger partial charge in [-0.15, -0.1) is 0 Å². The molecule has 2 aromatic rings. The molecule has 6 heteroatoms. The van der Waals surface area contributed by atoms with Crippen molar-refractivity contribution in [1.82, 2.24) is 4.98 Å². The number of aromatic amines is 1. The van der Waals surface area contributed by atoms with Crippen LogP contribution in [0.2, 0.25) is 0 Å². The van der Waals surface area contributed by atoms with Gasteiger partial charge in [0.2, 0.25) is 0 Å². The number of benzene rings is 1. The first-order valence-electron chi connectivity index (χ1n) is 4.86. The van der Waals surface area contributed by atoms with Crippen LogP contribution in [0.5, 0.6) is 11.5 Å². The van der Waals surface area contributed by atoms with E-state index in [1.54, 1.807) is 0 Å². The lowest BCUT2D eigenvalue weighted by atomic mass is 10.2. The van der Waals surface area contributed by atoms with Crippen molar-refractivity contribution in [2.24, 2.45) is 0 Å². The van der Waals surface area contributed by atoms with E-state index in [1.165, 1.54) is 12.3 Å². The Kier molecular flexibility index (Phi) is 3.35. The molecule has 18 heavy (non-hydrogen) atoms. The maximum absolute atomic E-state index is 13.4. The molecule has 3 nitrogen and oxygen atoms in total. The van der Waals surface area contributed by atoms with Gasteiger partial charge in [-0.3, -0.25) is 0 Å². The lowest BCUT2D eigenvalue weighted by Gasteiger charge is -2.08. The summed E-state index contributed by atoms with van der Waals surface area (Å²) in [6.45, 7) is 0. The zero-order valence-corrected chi connectivity index (χ0v) is 9.72. The van der Waals surface area contributed by atoms with E-state index in [-0.39, 0.29) is 21.7 Å². The first-order valence-corrected chi connectivity index (χ1v) is 5.27. The number of ether oxygens (including phenoxy) is 1. The summed E-state index contributed by atoms with van der Waals surface area (Å²) in [7, 11) is 0. The van der Waals surface area contributed by atoms with E-state index in [1.807, 2.05) is 6.07 Å². The summed E-state index contributed by atoms with van der Waals surface area (Å²) in [5.41, 5.74) is 0.0659. The number of nitrogens with one attached hydrogen (secondary N) is 1. The molecule has 1 aromatic carbocycles. The van der Waals surface area contributed by atoms with Crippen molar-refractivity contribution in [3.8, 4) is 17.6 Å². The maximum atomic E-state index is 13.4. The highest BCUT2D eigenvalue weighted by Gasteiger charge is 2.10. The van der Waals surface area contributed by atoms with Crippen molar-refractivity contribution in [3.63, 3.8) is 0 Å². The molecule has 0 aliphatic heterocycles. The Morgan fingerprint density at radius 2 is 2.00 bits per heavy atom. The molecule has 2 rings (SSSR count). The van der Waals surface area contributed by atoms with Crippen molar-refractivity contribution >= 4 is 12.2 Å². The lowest BCUT2D eigenvalue weighted by Crippen LogP contribution is -1.93. The van der Waals surface area contributed by atoms with E-state index in [4.69, 9.17) is 22.2 Å². The van der Waals surface area contributed by atoms with Gasteiger partial charge in [-0.05, 0) is 18.2 Å². The number of halogens is 2.